The maximum absolute atomic E-state index is 14.2. The zero-order chi connectivity index (χ0) is 26.0. The van der Waals surface area contributed by atoms with E-state index in [0.717, 1.165) is 12.1 Å². The number of hydrogen-bond donors (Lipinski definition) is 1. The summed E-state index contributed by atoms with van der Waals surface area (Å²) >= 11 is 6.12. The number of carbonyl (C=O) groups is 1. The van der Waals surface area contributed by atoms with Gasteiger partial charge in [-0.2, -0.15) is 23.4 Å². The van der Waals surface area contributed by atoms with E-state index in [4.69, 9.17) is 16.3 Å². The Morgan fingerprint density at radius 2 is 1.86 bits per heavy atom. The molecule has 0 aliphatic carbocycles. The van der Waals surface area contributed by atoms with Gasteiger partial charge in [-0.15, -0.1) is 0 Å². The number of benzene rings is 2. The van der Waals surface area contributed by atoms with Crippen LogP contribution in [0.15, 0.2) is 54.7 Å². The van der Waals surface area contributed by atoms with Gasteiger partial charge < -0.3 is 10.1 Å². The van der Waals surface area contributed by atoms with Crippen LogP contribution in [0.5, 0.6) is 5.75 Å². The van der Waals surface area contributed by atoms with Gasteiger partial charge in [0.2, 0.25) is 0 Å². The van der Waals surface area contributed by atoms with Crippen molar-refractivity contribution in [2.45, 2.75) is 33.3 Å². The fourth-order valence-corrected chi connectivity index (χ4v) is 3.72. The summed E-state index contributed by atoms with van der Waals surface area (Å²) in [5.41, 5.74) is 1.06. The van der Waals surface area contributed by atoms with Crippen molar-refractivity contribution in [1.29, 1.82) is 0 Å². The summed E-state index contributed by atoms with van der Waals surface area (Å²) < 4.78 is 60.9. The van der Waals surface area contributed by atoms with Crippen molar-refractivity contribution in [1.82, 2.24) is 19.6 Å². The monoisotopic (exact) mass is 521 g/mol. The molecule has 7 nitrogen and oxygen atoms in total. The van der Waals surface area contributed by atoms with E-state index in [9.17, 15) is 22.4 Å². The Hall–Kier alpha value is -3.86. The van der Waals surface area contributed by atoms with Gasteiger partial charge in [0.25, 0.3) is 5.91 Å². The second-order valence-electron chi connectivity index (χ2n) is 7.90. The van der Waals surface area contributed by atoms with E-state index in [1.165, 1.54) is 45.9 Å². The van der Waals surface area contributed by atoms with E-state index in [1.54, 1.807) is 19.9 Å². The number of rotatable bonds is 7. The molecule has 0 spiro atoms. The predicted octanol–water partition coefficient (Wildman–Crippen LogP) is 5.84. The lowest BCUT2D eigenvalue weighted by Gasteiger charge is -2.10. The van der Waals surface area contributed by atoms with Gasteiger partial charge in [-0.05, 0) is 50.2 Å². The van der Waals surface area contributed by atoms with Gasteiger partial charge in [0.05, 0.1) is 29.2 Å². The van der Waals surface area contributed by atoms with Crippen LogP contribution in [0.1, 0.15) is 33.0 Å². The van der Waals surface area contributed by atoms with Crippen LogP contribution in [-0.4, -0.2) is 25.5 Å². The summed E-state index contributed by atoms with van der Waals surface area (Å²) in [6.45, 7) is 3.30. The van der Waals surface area contributed by atoms with Gasteiger partial charge in [0, 0.05) is 16.8 Å². The molecule has 0 aliphatic rings. The summed E-state index contributed by atoms with van der Waals surface area (Å²) in [4.78, 5) is 12.8. The maximum Gasteiger partial charge on any atom is 0.416 e. The molecule has 36 heavy (non-hydrogen) atoms. The molecule has 0 fully saturated rings. The van der Waals surface area contributed by atoms with Crippen LogP contribution < -0.4 is 10.1 Å². The van der Waals surface area contributed by atoms with Crippen molar-refractivity contribution in [2.75, 3.05) is 5.32 Å². The highest BCUT2D eigenvalue weighted by Gasteiger charge is 2.30. The van der Waals surface area contributed by atoms with Crippen molar-refractivity contribution < 1.29 is 27.1 Å². The van der Waals surface area contributed by atoms with Crippen LogP contribution in [0.4, 0.5) is 23.2 Å². The highest BCUT2D eigenvalue weighted by molar-refractivity contribution is 6.31. The average molecular weight is 522 g/mol. The molecule has 0 bridgehead atoms. The summed E-state index contributed by atoms with van der Waals surface area (Å²) in [7, 11) is 0. The number of aryl methyl sites for hydroxylation is 1. The van der Waals surface area contributed by atoms with E-state index >= 15 is 0 Å². The average Bonchev–Trinajstić information content (AvgIpc) is 3.40. The number of aromatic nitrogens is 4. The summed E-state index contributed by atoms with van der Waals surface area (Å²) in [5, 5.41) is 11.5. The third-order valence-electron chi connectivity index (χ3n) is 5.39. The first-order valence-corrected chi connectivity index (χ1v) is 11.0. The lowest BCUT2D eigenvalue weighted by molar-refractivity contribution is -0.137. The van der Waals surface area contributed by atoms with Gasteiger partial charge in [-0.25, -0.2) is 9.07 Å². The van der Waals surface area contributed by atoms with Crippen molar-refractivity contribution in [3.05, 3.63) is 93.8 Å². The molecule has 0 saturated carbocycles. The molecule has 1 amide bonds. The van der Waals surface area contributed by atoms with Crippen molar-refractivity contribution in [3.8, 4) is 5.75 Å². The van der Waals surface area contributed by atoms with Crippen LogP contribution in [0.25, 0.3) is 0 Å². The van der Waals surface area contributed by atoms with Gasteiger partial charge >= 0.3 is 6.18 Å². The Morgan fingerprint density at radius 3 is 2.58 bits per heavy atom. The number of anilines is 1. The number of hydrogen-bond acceptors (Lipinski definition) is 4. The smallest absolute Gasteiger partial charge is 0.416 e. The maximum atomic E-state index is 14.2. The minimum absolute atomic E-state index is 0.0138. The van der Waals surface area contributed by atoms with Crippen LogP contribution in [0.2, 0.25) is 5.02 Å². The van der Waals surface area contributed by atoms with Crippen LogP contribution in [0, 0.1) is 19.7 Å². The number of ether oxygens (including phenoxy) is 1. The van der Waals surface area contributed by atoms with Crippen molar-refractivity contribution >= 4 is 23.2 Å². The van der Waals surface area contributed by atoms with E-state index in [2.05, 4.69) is 15.5 Å². The normalized spacial score (nSPS) is 11.5. The molecule has 0 atom stereocenters. The minimum atomic E-state index is -4.48. The Balaban J connectivity index is 1.43. The molecule has 0 aliphatic heterocycles. The van der Waals surface area contributed by atoms with Crippen molar-refractivity contribution in [2.24, 2.45) is 0 Å². The van der Waals surface area contributed by atoms with E-state index in [-0.39, 0.29) is 35.3 Å². The molecular weight excluding hydrogens is 502 g/mol. The fraction of sp³-hybridized carbons (Fsp3) is 0.208. The Morgan fingerprint density at radius 1 is 1.11 bits per heavy atom. The van der Waals surface area contributed by atoms with Gasteiger partial charge in [-0.1, -0.05) is 23.7 Å². The third-order valence-corrected chi connectivity index (χ3v) is 5.74. The summed E-state index contributed by atoms with van der Waals surface area (Å²) in [6.07, 6.45) is -3.02. The van der Waals surface area contributed by atoms with E-state index in [0.29, 0.717) is 17.1 Å². The third kappa shape index (κ3) is 5.51. The van der Waals surface area contributed by atoms with Gasteiger partial charge in [0.1, 0.15) is 11.6 Å². The number of nitrogens with one attached hydrogen (secondary N) is 1. The van der Waals surface area contributed by atoms with E-state index in [1.807, 2.05) is 0 Å². The molecular formula is C24H20ClF4N5O2. The summed E-state index contributed by atoms with van der Waals surface area (Å²) in [6, 6.07) is 10.3. The number of halogens is 5. The molecule has 2 aromatic heterocycles. The van der Waals surface area contributed by atoms with Crippen LogP contribution in [0.3, 0.4) is 0 Å². The quantitative estimate of drug-likeness (QED) is 0.310. The molecule has 188 valence electrons. The molecule has 0 radical (unpaired) electrons. The number of carbonyl (C=O) groups excluding carboxylic acids is 1. The number of nitrogens with zero attached hydrogens (tertiary/aromatic N) is 4. The molecule has 0 saturated heterocycles. The predicted molar refractivity (Wildman–Crippen MR) is 124 cm³/mol. The van der Waals surface area contributed by atoms with E-state index < -0.39 is 23.5 Å². The Labute approximate surface area is 208 Å². The SMILES string of the molecule is Cc1nn(Cc2c(F)cccc2Cl)c(C)c1NC(=O)c1ccn(COc2cccc(C(F)(F)F)c2)n1. The minimum Gasteiger partial charge on any atom is -0.471 e. The molecule has 12 heteroatoms. The lowest BCUT2D eigenvalue weighted by atomic mass is 10.2. The van der Waals surface area contributed by atoms with Gasteiger partial charge in [0.15, 0.2) is 12.4 Å². The standard InChI is InChI=1S/C24H20ClF4N5O2/c1-14-22(15(2)34(31-14)12-18-19(25)7-4-8-20(18)26)30-23(35)21-9-10-33(32-21)13-36-17-6-3-5-16(11-17)24(27,28)29/h3-11H,12-13H2,1-2H3,(H,30,35). The topological polar surface area (TPSA) is 74.0 Å². The molecule has 4 rings (SSSR count). The second-order valence-corrected chi connectivity index (χ2v) is 8.30. The van der Waals surface area contributed by atoms with Crippen molar-refractivity contribution in [3.63, 3.8) is 0 Å². The molecule has 4 aromatic rings. The first-order chi connectivity index (χ1) is 17.0. The molecule has 2 heterocycles. The van der Waals surface area contributed by atoms with Gasteiger partial charge in [-0.3, -0.25) is 9.48 Å². The Bertz CT molecular complexity index is 1390. The first kappa shape index (κ1) is 25.2. The molecule has 1 N–H and O–H groups in total. The molecule has 0 unspecified atom stereocenters. The highest BCUT2D eigenvalue weighted by atomic mass is 35.5. The molecule has 2 aromatic carbocycles. The Kier molecular flexibility index (Phi) is 7.02. The second kappa shape index (κ2) is 10.0. The number of alkyl halides is 3. The fourth-order valence-electron chi connectivity index (χ4n) is 3.50. The first-order valence-electron chi connectivity index (χ1n) is 10.6. The van der Waals surface area contributed by atoms with Crippen LogP contribution >= 0.6 is 11.6 Å². The largest absolute Gasteiger partial charge is 0.471 e. The number of amides is 1. The highest BCUT2D eigenvalue weighted by Crippen LogP contribution is 2.31. The summed E-state index contributed by atoms with van der Waals surface area (Å²) in [5.74, 6) is -0.971. The zero-order valence-electron chi connectivity index (χ0n) is 19.1. The van der Waals surface area contributed by atoms with Crippen LogP contribution in [-0.2, 0) is 19.5 Å². The zero-order valence-corrected chi connectivity index (χ0v) is 19.9. The lowest BCUT2D eigenvalue weighted by Crippen LogP contribution is -2.15.